The van der Waals surface area contributed by atoms with Crippen molar-refractivity contribution < 1.29 is 13.6 Å². The van der Waals surface area contributed by atoms with Gasteiger partial charge in [-0.2, -0.15) is 0 Å². The van der Waals surface area contributed by atoms with E-state index in [1.54, 1.807) is 4.90 Å². The fraction of sp³-hybridized carbons (Fsp3) is 0.409. The van der Waals surface area contributed by atoms with E-state index in [-0.39, 0.29) is 0 Å². The largest absolute Gasteiger partial charge is 0.338 e. The highest BCUT2D eigenvalue weighted by Gasteiger charge is 2.27. The first-order valence-electron chi connectivity index (χ1n) is 9.50. The Morgan fingerprint density at radius 1 is 1.11 bits per heavy atom. The van der Waals surface area contributed by atoms with Gasteiger partial charge >= 0.3 is 0 Å². The smallest absolute Gasteiger partial charge is 0.259 e. The standard InChI is InChI=1S/C22H26F2N2O/c1-25-13-6-9-18(15-25)16-26(14-12-17-7-3-2-4-8-17)22(27)21-19(23)10-5-11-20(21)24/h2-5,7-8,10-11,18H,6,9,12-16H2,1H3/t18-/m0/s1. The maximum absolute atomic E-state index is 14.2. The lowest BCUT2D eigenvalue weighted by molar-refractivity contribution is 0.0683. The van der Waals surface area contributed by atoms with Crippen LogP contribution >= 0.6 is 0 Å². The van der Waals surface area contributed by atoms with Crippen LogP contribution in [0.4, 0.5) is 8.78 Å². The van der Waals surface area contributed by atoms with Crippen LogP contribution < -0.4 is 0 Å². The van der Waals surface area contributed by atoms with E-state index in [1.165, 1.54) is 6.07 Å². The highest BCUT2D eigenvalue weighted by molar-refractivity contribution is 5.94. The minimum atomic E-state index is -0.800. The third kappa shape index (κ3) is 5.13. The summed E-state index contributed by atoms with van der Waals surface area (Å²) in [6.07, 6.45) is 2.76. The summed E-state index contributed by atoms with van der Waals surface area (Å²) in [4.78, 5) is 16.9. The SMILES string of the molecule is CN1CCC[C@H](CN(CCc2ccccc2)C(=O)c2c(F)cccc2F)C1. The minimum absolute atomic E-state index is 0.318. The molecule has 0 aliphatic carbocycles. The predicted octanol–water partition coefficient (Wildman–Crippen LogP) is 3.99. The number of carbonyl (C=O) groups excluding carboxylic acids is 1. The molecule has 1 atom stereocenters. The summed E-state index contributed by atoms with van der Waals surface area (Å²) in [5.74, 6) is -1.84. The van der Waals surface area contributed by atoms with Crippen LogP contribution in [0, 0.1) is 17.6 Å². The number of benzene rings is 2. The lowest BCUT2D eigenvalue weighted by Crippen LogP contribution is -2.43. The number of hydrogen-bond acceptors (Lipinski definition) is 2. The monoisotopic (exact) mass is 372 g/mol. The van der Waals surface area contributed by atoms with Gasteiger partial charge in [-0.3, -0.25) is 4.79 Å². The molecule has 144 valence electrons. The number of piperidine rings is 1. The van der Waals surface area contributed by atoms with E-state index < -0.39 is 23.1 Å². The minimum Gasteiger partial charge on any atom is -0.338 e. The molecule has 0 spiro atoms. The third-order valence-corrected chi connectivity index (χ3v) is 5.18. The second-order valence-corrected chi connectivity index (χ2v) is 7.35. The fourth-order valence-corrected chi connectivity index (χ4v) is 3.78. The Balaban J connectivity index is 1.78. The molecule has 0 unspecified atom stereocenters. The zero-order chi connectivity index (χ0) is 19.2. The Morgan fingerprint density at radius 2 is 1.81 bits per heavy atom. The van der Waals surface area contributed by atoms with E-state index in [2.05, 4.69) is 11.9 Å². The molecule has 1 aliphatic rings. The first-order chi connectivity index (χ1) is 13.0. The predicted molar refractivity (Wildman–Crippen MR) is 103 cm³/mol. The number of nitrogens with zero attached hydrogens (tertiary/aromatic N) is 2. The molecule has 0 bridgehead atoms. The number of hydrogen-bond donors (Lipinski definition) is 0. The van der Waals surface area contributed by atoms with E-state index in [1.807, 2.05) is 30.3 Å². The van der Waals surface area contributed by atoms with Crippen molar-refractivity contribution in [2.75, 3.05) is 33.2 Å². The molecule has 0 N–H and O–H groups in total. The molecule has 3 nitrogen and oxygen atoms in total. The molecule has 1 fully saturated rings. The molecule has 27 heavy (non-hydrogen) atoms. The molecular formula is C22H26F2N2O. The van der Waals surface area contributed by atoms with Gasteiger partial charge in [-0.15, -0.1) is 0 Å². The summed E-state index contributed by atoms with van der Waals surface area (Å²) in [5.41, 5.74) is 0.653. The summed E-state index contributed by atoms with van der Waals surface area (Å²) < 4.78 is 28.3. The average Bonchev–Trinajstić information content (AvgIpc) is 2.65. The molecule has 1 heterocycles. The number of rotatable bonds is 6. The van der Waals surface area contributed by atoms with Gasteiger partial charge in [0.05, 0.1) is 0 Å². The summed E-state index contributed by atoms with van der Waals surface area (Å²) in [6.45, 7) is 2.91. The van der Waals surface area contributed by atoms with Gasteiger partial charge in [-0.05, 0) is 56.5 Å². The number of halogens is 2. The molecule has 0 aromatic heterocycles. The third-order valence-electron chi connectivity index (χ3n) is 5.18. The fourth-order valence-electron chi connectivity index (χ4n) is 3.78. The van der Waals surface area contributed by atoms with Crippen LogP contribution in [0.2, 0.25) is 0 Å². The average molecular weight is 372 g/mol. The van der Waals surface area contributed by atoms with Crippen LogP contribution in [-0.4, -0.2) is 48.9 Å². The van der Waals surface area contributed by atoms with Crippen molar-refractivity contribution in [2.45, 2.75) is 19.3 Å². The van der Waals surface area contributed by atoms with Crippen LogP contribution in [0.15, 0.2) is 48.5 Å². The molecule has 2 aromatic carbocycles. The van der Waals surface area contributed by atoms with E-state index in [0.717, 1.165) is 43.6 Å². The lowest BCUT2D eigenvalue weighted by atomic mass is 9.97. The Labute approximate surface area is 159 Å². The number of amides is 1. The molecule has 5 heteroatoms. The van der Waals surface area contributed by atoms with Gasteiger partial charge < -0.3 is 9.80 Å². The van der Waals surface area contributed by atoms with E-state index in [0.29, 0.717) is 25.4 Å². The van der Waals surface area contributed by atoms with Crippen molar-refractivity contribution in [2.24, 2.45) is 5.92 Å². The van der Waals surface area contributed by atoms with Crippen molar-refractivity contribution in [3.8, 4) is 0 Å². The van der Waals surface area contributed by atoms with Gasteiger partial charge in [0.2, 0.25) is 0 Å². The second kappa shape index (κ2) is 9.09. The molecule has 1 amide bonds. The first-order valence-corrected chi connectivity index (χ1v) is 9.50. The molecule has 0 radical (unpaired) electrons. The first kappa shape index (κ1) is 19.5. The van der Waals surface area contributed by atoms with E-state index >= 15 is 0 Å². The molecule has 2 aromatic rings. The van der Waals surface area contributed by atoms with Gasteiger partial charge in [0.15, 0.2) is 0 Å². The Bertz CT molecular complexity index is 746. The maximum Gasteiger partial charge on any atom is 0.259 e. The Hall–Kier alpha value is -2.27. The van der Waals surface area contributed by atoms with Gasteiger partial charge in [0.25, 0.3) is 5.91 Å². The van der Waals surface area contributed by atoms with Crippen LogP contribution in [0.25, 0.3) is 0 Å². The van der Waals surface area contributed by atoms with Crippen molar-refractivity contribution in [1.82, 2.24) is 9.80 Å². The molecule has 3 rings (SSSR count). The van der Waals surface area contributed by atoms with Gasteiger partial charge in [-0.25, -0.2) is 8.78 Å². The van der Waals surface area contributed by atoms with Crippen molar-refractivity contribution >= 4 is 5.91 Å². The summed E-state index contributed by atoms with van der Waals surface area (Å²) in [5, 5.41) is 0. The maximum atomic E-state index is 14.2. The van der Waals surface area contributed by atoms with Gasteiger partial charge in [0.1, 0.15) is 17.2 Å². The topological polar surface area (TPSA) is 23.6 Å². The normalized spacial score (nSPS) is 17.7. The van der Waals surface area contributed by atoms with Crippen LogP contribution in [-0.2, 0) is 6.42 Å². The number of carbonyl (C=O) groups is 1. The van der Waals surface area contributed by atoms with Crippen molar-refractivity contribution in [1.29, 1.82) is 0 Å². The second-order valence-electron chi connectivity index (χ2n) is 7.35. The summed E-state index contributed by atoms with van der Waals surface area (Å²) in [6, 6.07) is 13.4. The van der Waals surface area contributed by atoms with Crippen molar-refractivity contribution in [3.63, 3.8) is 0 Å². The Kier molecular flexibility index (Phi) is 6.56. The zero-order valence-corrected chi connectivity index (χ0v) is 15.7. The highest BCUT2D eigenvalue weighted by Crippen LogP contribution is 2.20. The zero-order valence-electron chi connectivity index (χ0n) is 15.7. The highest BCUT2D eigenvalue weighted by atomic mass is 19.1. The Morgan fingerprint density at radius 3 is 2.48 bits per heavy atom. The summed E-state index contributed by atoms with van der Waals surface area (Å²) in [7, 11) is 2.07. The van der Waals surface area contributed by atoms with E-state index in [9.17, 15) is 13.6 Å². The summed E-state index contributed by atoms with van der Waals surface area (Å²) >= 11 is 0. The quantitative estimate of drug-likeness (QED) is 0.765. The lowest BCUT2D eigenvalue weighted by Gasteiger charge is -2.34. The van der Waals surface area contributed by atoms with Crippen LogP contribution in [0.1, 0.15) is 28.8 Å². The molecule has 1 aliphatic heterocycles. The van der Waals surface area contributed by atoms with Gasteiger partial charge in [0, 0.05) is 19.6 Å². The van der Waals surface area contributed by atoms with Crippen molar-refractivity contribution in [3.05, 3.63) is 71.3 Å². The molecule has 0 saturated carbocycles. The van der Waals surface area contributed by atoms with Crippen LogP contribution in [0.3, 0.4) is 0 Å². The van der Waals surface area contributed by atoms with Gasteiger partial charge in [-0.1, -0.05) is 36.4 Å². The van der Waals surface area contributed by atoms with E-state index in [4.69, 9.17) is 0 Å². The van der Waals surface area contributed by atoms with Crippen LogP contribution in [0.5, 0.6) is 0 Å². The molecule has 1 saturated heterocycles. The molecular weight excluding hydrogens is 346 g/mol. The number of likely N-dealkylation sites (tertiary alicyclic amines) is 1.